The molecule has 1 unspecified atom stereocenters. The number of nitrogens with two attached hydrogens (primary N) is 1. The Morgan fingerprint density at radius 2 is 2.11 bits per heavy atom. The highest BCUT2D eigenvalue weighted by molar-refractivity contribution is 5.92. The van der Waals surface area contributed by atoms with Crippen molar-refractivity contribution in [3.63, 3.8) is 0 Å². The van der Waals surface area contributed by atoms with Crippen LogP contribution < -0.4 is 15.8 Å². The lowest BCUT2D eigenvalue weighted by Crippen LogP contribution is -2.37. The zero-order chi connectivity index (χ0) is 13.0. The Hall–Kier alpha value is -2.04. The molecule has 0 saturated carbocycles. The molecule has 0 bridgehead atoms. The van der Waals surface area contributed by atoms with Crippen LogP contribution in [0, 0.1) is 5.82 Å². The quantitative estimate of drug-likeness (QED) is 0.855. The number of nitrogens with zero attached hydrogens (tertiary/aromatic N) is 1. The summed E-state index contributed by atoms with van der Waals surface area (Å²) in [5.74, 6) is 0.828. The zero-order valence-corrected chi connectivity index (χ0v) is 10.2. The minimum absolute atomic E-state index is 0.199. The molecule has 2 rings (SSSR count). The van der Waals surface area contributed by atoms with Crippen LogP contribution in [0.15, 0.2) is 41.0 Å². The number of benzene rings is 1. The van der Waals surface area contributed by atoms with E-state index in [0.717, 1.165) is 12.1 Å². The highest BCUT2D eigenvalue weighted by atomic mass is 19.1. The van der Waals surface area contributed by atoms with Gasteiger partial charge in [0.25, 0.3) is 0 Å². The molecule has 5 heteroatoms. The second kappa shape index (κ2) is 5.53. The smallest absolute Gasteiger partial charge is 0.155 e. The van der Waals surface area contributed by atoms with Gasteiger partial charge in [-0.15, -0.1) is 0 Å². The SMILES string of the molecule is CCC1=CC(N)=NC(COc2ccc(F)cc2)N1. The lowest BCUT2D eigenvalue weighted by Gasteiger charge is -2.22. The van der Waals surface area contributed by atoms with E-state index in [1.807, 2.05) is 13.0 Å². The number of ether oxygens (including phenoxy) is 1. The number of halogens is 1. The molecule has 0 aromatic heterocycles. The van der Waals surface area contributed by atoms with Gasteiger partial charge in [0.15, 0.2) is 6.17 Å². The van der Waals surface area contributed by atoms with Crippen molar-refractivity contribution in [2.24, 2.45) is 10.7 Å². The Morgan fingerprint density at radius 3 is 2.78 bits per heavy atom. The molecule has 18 heavy (non-hydrogen) atoms. The molecule has 1 aliphatic heterocycles. The number of hydrogen-bond donors (Lipinski definition) is 2. The topological polar surface area (TPSA) is 59.6 Å². The highest BCUT2D eigenvalue weighted by Crippen LogP contribution is 2.12. The summed E-state index contributed by atoms with van der Waals surface area (Å²) < 4.78 is 18.2. The number of hydrogen-bond acceptors (Lipinski definition) is 4. The molecule has 1 atom stereocenters. The van der Waals surface area contributed by atoms with Crippen LogP contribution in [0.5, 0.6) is 5.75 Å². The molecule has 3 N–H and O–H groups in total. The fraction of sp³-hybridized carbons (Fsp3) is 0.308. The highest BCUT2D eigenvalue weighted by Gasteiger charge is 2.13. The van der Waals surface area contributed by atoms with E-state index in [1.165, 1.54) is 12.1 Å². The Bertz CT molecular complexity index is 468. The van der Waals surface area contributed by atoms with Gasteiger partial charge in [-0.1, -0.05) is 6.92 Å². The molecule has 0 aliphatic carbocycles. The normalized spacial score (nSPS) is 18.7. The molecule has 4 nitrogen and oxygen atoms in total. The Balaban J connectivity index is 1.91. The van der Waals surface area contributed by atoms with Crippen molar-refractivity contribution in [1.82, 2.24) is 5.32 Å². The van der Waals surface area contributed by atoms with E-state index in [2.05, 4.69) is 10.3 Å². The van der Waals surface area contributed by atoms with Crippen LogP contribution in [0.1, 0.15) is 13.3 Å². The van der Waals surface area contributed by atoms with Crippen LogP contribution in [0.4, 0.5) is 4.39 Å². The molecule has 1 aromatic rings. The third kappa shape index (κ3) is 3.23. The van der Waals surface area contributed by atoms with Crippen molar-refractivity contribution in [3.8, 4) is 5.75 Å². The third-order valence-corrected chi connectivity index (χ3v) is 2.58. The molecule has 96 valence electrons. The Kier molecular flexibility index (Phi) is 3.82. The van der Waals surface area contributed by atoms with Crippen LogP contribution in [0.25, 0.3) is 0 Å². The van der Waals surface area contributed by atoms with Crippen molar-refractivity contribution >= 4 is 5.84 Å². The maximum absolute atomic E-state index is 12.7. The van der Waals surface area contributed by atoms with Crippen molar-refractivity contribution in [1.29, 1.82) is 0 Å². The van der Waals surface area contributed by atoms with E-state index in [1.54, 1.807) is 12.1 Å². The summed E-state index contributed by atoms with van der Waals surface area (Å²) in [7, 11) is 0. The van der Waals surface area contributed by atoms with Crippen LogP contribution in [-0.2, 0) is 0 Å². The van der Waals surface area contributed by atoms with Gasteiger partial charge in [0.1, 0.15) is 24.0 Å². The number of nitrogens with one attached hydrogen (secondary N) is 1. The molecule has 1 heterocycles. The molecule has 1 aromatic carbocycles. The standard InChI is InChI=1S/C13H16FN3O/c1-2-10-7-12(15)17-13(16-10)8-18-11-5-3-9(14)4-6-11/h3-7,13,16H,2,8H2,1H3,(H2,15,17). The first-order valence-corrected chi connectivity index (χ1v) is 5.86. The van der Waals surface area contributed by atoms with Crippen molar-refractivity contribution in [2.75, 3.05) is 6.61 Å². The molecular weight excluding hydrogens is 233 g/mol. The first-order chi connectivity index (χ1) is 8.67. The average molecular weight is 249 g/mol. The van der Waals surface area contributed by atoms with Gasteiger partial charge in [-0.05, 0) is 36.8 Å². The van der Waals surface area contributed by atoms with Gasteiger partial charge in [-0.2, -0.15) is 0 Å². The Morgan fingerprint density at radius 1 is 1.39 bits per heavy atom. The van der Waals surface area contributed by atoms with Crippen LogP contribution in [0.2, 0.25) is 0 Å². The predicted octanol–water partition coefficient (Wildman–Crippen LogP) is 1.78. The lowest BCUT2D eigenvalue weighted by molar-refractivity contribution is 0.274. The maximum atomic E-state index is 12.7. The van der Waals surface area contributed by atoms with Crippen molar-refractivity contribution < 1.29 is 9.13 Å². The van der Waals surface area contributed by atoms with Crippen LogP contribution in [-0.4, -0.2) is 18.6 Å². The van der Waals surface area contributed by atoms with E-state index < -0.39 is 0 Å². The minimum atomic E-state index is -0.281. The van der Waals surface area contributed by atoms with E-state index >= 15 is 0 Å². The molecule has 1 aliphatic rings. The number of allylic oxidation sites excluding steroid dienone is 1. The molecular formula is C13H16FN3O. The molecule has 0 amide bonds. The van der Waals surface area contributed by atoms with Crippen LogP contribution in [0.3, 0.4) is 0 Å². The molecule has 0 saturated heterocycles. The second-order valence-electron chi connectivity index (χ2n) is 4.00. The van der Waals surface area contributed by atoms with E-state index in [-0.39, 0.29) is 12.0 Å². The van der Waals surface area contributed by atoms with Gasteiger partial charge in [0.2, 0.25) is 0 Å². The van der Waals surface area contributed by atoms with Gasteiger partial charge in [0, 0.05) is 5.70 Å². The van der Waals surface area contributed by atoms with E-state index in [4.69, 9.17) is 10.5 Å². The minimum Gasteiger partial charge on any atom is -0.489 e. The summed E-state index contributed by atoms with van der Waals surface area (Å²) in [6.07, 6.45) is 2.48. The molecule has 0 fully saturated rings. The summed E-state index contributed by atoms with van der Waals surface area (Å²) in [5, 5.41) is 3.21. The van der Waals surface area contributed by atoms with Gasteiger partial charge in [-0.25, -0.2) is 9.38 Å². The average Bonchev–Trinajstić information content (AvgIpc) is 2.37. The Labute approximate surface area is 105 Å². The van der Waals surface area contributed by atoms with Gasteiger partial charge in [0.05, 0.1) is 0 Å². The first-order valence-electron chi connectivity index (χ1n) is 5.86. The van der Waals surface area contributed by atoms with Gasteiger partial charge in [-0.3, -0.25) is 0 Å². The van der Waals surface area contributed by atoms with Crippen molar-refractivity contribution in [2.45, 2.75) is 19.5 Å². The van der Waals surface area contributed by atoms with E-state index in [0.29, 0.717) is 18.2 Å². The predicted molar refractivity (Wildman–Crippen MR) is 68.8 cm³/mol. The van der Waals surface area contributed by atoms with Gasteiger partial charge < -0.3 is 15.8 Å². The molecule has 0 spiro atoms. The van der Waals surface area contributed by atoms with E-state index in [9.17, 15) is 4.39 Å². The number of rotatable bonds is 4. The molecule has 0 radical (unpaired) electrons. The summed E-state index contributed by atoms with van der Waals surface area (Å²) in [4.78, 5) is 4.22. The number of amidine groups is 1. The first kappa shape index (κ1) is 12.4. The fourth-order valence-corrected chi connectivity index (χ4v) is 1.67. The third-order valence-electron chi connectivity index (χ3n) is 2.58. The van der Waals surface area contributed by atoms with Crippen LogP contribution >= 0.6 is 0 Å². The summed E-state index contributed by atoms with van der Waals surface area (Å²) in [6, 6.07) is 5.89. The summed E-state index contributed by atoms with van der Waals surface area (Å²) in [6.45, 7) is 2.39. The largest absolute Gasteiger partial charge is 0.489 e. The lowest BCUT2D eigenvalue weighted by atomic mass is 10.2. The maximum Gasteiger partial charge on any atom is 0.155 e. The fourth-order valence-electron chi connectivity index (χ4n) is 1.67. The monoisotopic (exact) mass is 249 g/mol. The summed E-state index contributed by atoms with van der Waals surface area (Å²) >= 11 is 0. The second-order valence-corrected chi connectivity index (χ2v) is 4.00. The zero-order valence-electron chi connectivity index (χ0n) is 10.2. The van der Waals surface area contributed by atoms with Gasteiger partial charge >= 0.3 is 0 Å². The number of aliphatic imine (C=N–C) groups is 1. The summed E-state index contributed by atoms with van der Waals surface area (Å²) in [5.41, 5.74) is 6.75. The van der Waals surface area contributed by atoms with Crippen molar-refractivity contribution in [3.05, 3.63) is 41.9 Å².